The van der Waals surface area contributed by atoms with Crippen LogP contribution in [0.1, 0.15) is 40.0 Å². The molecule has 2 aliphatic rings. The van der Waals surface area contributed by atoms with Crippen LogP contribution in [0.15, 0.2) is 0 Å². The molecule has 1 saturated carbocycles. The highest BCUT2D eigenvalue weighted by Gasteiger charge is 2.63. The molecule has 1 heterocycles. The van der Waals surface area contributed by atoms with Crippen LogP contribution in [0, 0.1) is 11.3 Å². The number of fused-ring (bicyclic) bond motifs is 2. The minimum absolute atomic E-state index is 0.00363. The van der Waals surface area contributed by atoms with Gasteiger partial charge in [-0.05, 0) is 33.6 Å². The Hall–Kier alpha value is -0.910. The predicted octanol–water partition coefficient (Wildman–Crippen LogP) is 2.65. The Morgan fingerprint density at radius 2 is 2.10 bits per heavy atom. The summed E-state index contributed by atoms with van der Waals surface area (Å²) in [5.74, 6) is -3.80. The summed E-state index contributed by atoms with van der Waals surface area (Å²) in [5.41, 5.74) is -2.16. The fraction of sp³-hybridized carbons (Fsp3) is 0.929. The third-order valence-corrected chi connectivity index (χ3v) is 4.32. The third kappa shape index (κ3) is 2.50. The van der Waals surface area contributed by atoms with Crippen LogP contribution < -0.4 is 0 Å². The van der Waals surface area contributed by atoms with E-state index in [2.05, 4.69) is 0 Å². The van der Waals surface area contributed by atoms with E-state index in [0.717, 1.165) is 0 Å². The van der Waals surface area contributed by atoms with Gasteiger partial charge in [-0.1, -0.05) is 6.42 Å². The number of hydrogen-bond donors (Lipinski definition) is 1. The molecule has 116 valence electrons. The molecule has 0 spiro atoms. The van der Waals surface area contributed by atoms with E-state index in [1.807, 2.05) is 0 Å². The van der Waals surface area contributed by atoms with Crippen LogP contribution in [0.5, 0.6) is 0 Å². The molecule has 1 saturated heterocycles. The second-order valence-electron chi connectivity index (χ2n) is 7.01. The Labute approximate surface area is 118 Å². The lowest BCUT2D eigenvalue weighted by Gasteiger charge is -2.53. The van der Waals surface area contributed by atoms with Gasteiger partial charge in [0.2, 0.25) is 0 Å². The summed E-state index contributed by atoms with van der Waals surface area (Å²) < 4.78 is 34.1. The van der Waals surface area contributed by atoms with Gasteiger partial charge in [0, 0.05) is 19.0 Å². The average Bonchev–Trinajstić information content (AvgIpc) is 2.25. The molecule has 2 bridgehead atoms. The number of piperidine rings is 1. The second kappa shape index (κ2) is 4.83. The van der Waals surface area contributed by atoms with Crippen molar-refractivity contribution in [3.05, 3.63) is 0 Å². The first-order valence-corrected chi connectivity index (χ1v) is 7.08. The molecule has 4 nitrogen and oxygen atoms in total. The molecule has 1 aliphatic heterocycles. The fourth-order valence-electron chi connectivity index (χ4n) is 3.25. The summed E-state index contributed by atoms with van der Waals surface area (Å²) in [4.78, 5) is 13.4. The van der Waals surface area contributed by atoms with Crippen LogP contribution in [-0.2, 0) is 4.74 Å². The first-order chi connectivity index (χ1) is 9.11. The molecule has 1 aliphatic carbocycles. The zero-order valence-corrected chi connectivity index (χ0v) is 12.3. The predicted molar refractivity (Wildman–Crippen MR) is 69.6 cm³/mol. The Morgan fingerprint density at radius 1 is 1.45 bits per heavy atom. The van der Waals surface area contributed by atoms with Crippen molar-refractivity contribution < 1.29 is 23.4 Å². The maximum absolute atomic E-state index is 14.4. The lowest BCUT2D eigenvalue weighted by atomic mass is 9.64. The van der Waals surface area contributed by atoms with Crippen molar-refractivity contribution >= 4 is 6.09 Å². The minimum Gasteiger partial charge on any atom is -0.444 e. The van der Waals surface area contributed by atoms with E-state index in [1.54, 1.807) is 20.8 Å². The van der Waals surface area contributed by atoms with E-state index >= 15 is 0 Å². The first kappa shape index (κ1) is 15.5. The van der Waals surface area contributed by atoms with Gasteiger partial charge in [0.05, 0.1) is 12.0 Å². The normalized spacial score (nSPS) is 32.9. The summed E-state index contributed by atoms with van der Waals surface area (Å²) in [6.07, 6.45) is 0.723. The first-order valence-electron chi connectivity index (χ1n) is 7.08. The summed E-state index contributed by atoms with van der Waals surface area (Å²) in [6, 6.07) is 0. The molecule has 6 heteroatoms. The number of halogens is 2. The molecule has 2 atom stereocenters. The summed E-state index contributed by atoms with van der Waals surface area (Å²) in [7, 11) is 0. The van der Waals surface area contributed by atoms with Crippen molar-refractivity contribution in [3.63, 3.8) is 0 Å². The molecule has 0 radical (unpaired) electrons. The number of ether oxygens (including phenoxy) is 1. The molecule has 0 aromatic heterocycles. The molecule has 2 rings (SSSR count). The highest BCUT2D eigenvalue weighted by Crippen LogP contribution is 2.54. The number of aliphatic hydroxyl groups is 1. The largest absolute Gasteiger partial charge is 0.444 e. The van der Waals surface area contributed by atoms with Gasteiger partial charge >= 0.3 is 6.09 Å². The van der Waals surface area contributed by atoms with E-state index in [1.165, 1.54) is 4.90 Å². The van der Waals surface area contributed by atoms with Crippen LogP contribution >= 0.6 is 0 Å². The number of carbonyl (C=O) groups excluding carboxylic acids is 1. The minimum atomic E-state index is -2.92. The molecule has 2 unspecified atom stereocenters. The van der Waals surface area contributed by atoms with Crippen molar-refractivity contribution in [2.75, 3.05) is 19.7 Å². The third-order valence-electron chi connectivity index (χ3n) is 4.32. The number of rotatable bonds is 1. The number of aliphatic hydroxyl groups excluding tert-OH is 1. The van der Waals surface area contributed by atoms with Gasteiger partial charge in [-0.15, -0.1) is 0 Å². The zero-order chi connectivity index (χ0) is 15.2. The van der Waals surface area contributed by atoms with Gasteiger partial charge in [-0.2, -0.15) is 0 Å². The maximum Gasteiger partial charge on any atom is 0.410 e. The summed E-state index contributed by atoms with van der Waals surface area (Å²) >= 11 is 0. The van der Waals surface area contributed by atoms with Crippen LogP contribution in [0.4, 0.5) is 13.6 Å². The van der Waals surface area contributed by atoms with Gasteiger partial charge in [0.25, 0.3) is 5.92 Å². The molecular weight excluding hydrogens is 268 g/mol. The topological polar surface area (TPSA) is 49.8 Å². The number of hydrogen-bond acceptors (Lipinski definition) is 3. The Morgan fingerprint density at radius 3 is 2.65 bits per heavy atom. The Bertz CT molecular complexity index is 394. The molecule has 0 aromatic rings. The molecule has 1 N–H and O–H groups in total. The smallest absolute Gasteiger partial charge is 0.410 e. The SMILES string of the molecule is CC(C)(C)OC(=O)N1CC2CCCC(CO)(C1)C2(F)F. The molecule has 2 fully saturated rings. The molecular formula is C14H23F2NO3. The van der Waals surface area contributed by atoms with E-state index in [9.17, 15) is 18.7 Å². The quantitative estimate of drug-likeness (QED) is 0.808. The van der Waals surface area contributed by atoms with E-state index in [0.29, 0.717) is 12.8 Å². The monoisotopic (exact) mass is 291 g/mol. The Kier molecular flexibility index (Phi) is 3.73. The van der Waals surface area contributed by atoms with E-state index in [4.69, 9.17) is 4.74 Å². The fourth-order valence-corrected chi connectivity index (χ4v) is 3.25. The van der Waals surface area contributed by atoms with Crippen LogP contribution in [0.3, 0.4) is 0 Å². The number of amides is 1. The van der Waals surface area contributed by atoms with Crippen LogP contribution in [-0.4, -0.2) is 47.3 Å². The van der Waals surface area contributed by atoms with Crippen molar-refractivity contribution in [1.82, 2.24) is 4.90 Å². The van der Waals surface area contributed by atoms with Gasteiger partial charge < -0.3 is 14.7 Å². The van der Waals surface area contributed by atoms with Gasteiger partial charge in [-0.25, -0.2) is 13.6 Å². The van der Waals surface area contributed by atoms with Gasteiger partial charge in [0.15, 0.2) is 0 Å². The van der Waals surface area contributed by atoms with E-state index < -0.39 is 35.6 Å². The molecule has 20 heavy (non-hydrogen) atoms. The van der Waals surface area contributed by atoms with Crippen molar-refractivity contribution in [2.24, 2.45) is 11.3 Å². The lowest BCUT2D eigenvalue weighted by Crippen LogP contribution is -2.65. The van der Waals surface area contributed by atoms with Gasteiger partial charge in [-0.3, -0.25) is 0 Å². The van der Waals surface area contributed by atoms with Crippen molar-refractivity contribution in [3.8, 4) is 0 Å². The molecule has 0 aromatic carbocycles. The maximum atomic E-state index is 14.4. The van der Waals surface area contributed by atoms with Crippen molar-refractivity contribution in [2.45, 2.75) is 51.6 Å². The number of likely N-dealkylation sites (tertiary alicyclic amines) is 1. The van der Waals surface area contributed by atoms with Gasteiger partial charge in [0.1, 0.15) is 5.60 Å². The summed E-state index contributed by atoms with van der Waals surface area (Å²) in [6.45, 7) is 4.49. The standard InChI is InChI=1S/C14H23F2NO3/c1-12(2,3)20-11(19)17-7-10-5-4-6-13(8-17,9-18)14(10,15)16/h10,18H,4-9H2,1-3H3. The number of alkyl halides is 2. The number of nitrogens with zero attached hydrogens (tertiary/aromatic N) is 1. The zero-order valence-electron chi connectivity index (χ0n) is 12.3. The second-order valence-corrected chi connectivity index (χ2v) is 7.01. The lowest BCUT2D eigenvalue weighted by molar-refractivity contribution is -0.234. The van der Waals surface area contributed by atoms with Crippen molar-refractivity contribution in [1.29, 1.82) is 0 Å². The molecule has 1 amide bonds. The highest BCUT2D eigenvalue weighted by atomic mass is 19.3. The summed E-state index contributed by atoms with van der Waals surface area (Å²) in [5, 5.41) is 9.50. The Balaban J connectivity index is 2.19. The van der Waals surface area contributed by atoms with Crippen LogP contribution in [0.2, 0.25) is 0 Å². The van der Waals surface area contributed by atoms with Crippen LogP contribution in [0.25, 0.3) is 0 Å². The number of carbonyl (C=O) groups is 1. The average molecular weight is 291 g/mol. The highest BCUT2D eigenvalue weighted by molar-refractivity contribution is 5.68. The van der Waals surface area contributed by atoms with E-state index in [-0.39, 0.29) is 19.5 Å².